The molecule has 1 N–H and O–H groups in total. The largest absolute Gasteiger partial charge is 2.00 e. The first kappa shape index (κ1) is 66.4. The summed E-state index contributed by atoms with van der Waals surface area (Å²) in [4.78, 5) is 30.8. The van der Waals surface area contributed by atoms with Gasteiger partial charge < -0.3 is 24.9 Å². The number of rotatable bonds is 47. The molecule has 358 valence electrons. The summed E-state index contributed by atoms with van der Waals surface area (Å²) < 4.78 is 0. The number of aliphatic carboxylic acids is 3. The van der Waals surface area contributed by atoms with E-state index in [1.54, 1.807) is 0 Å². The van der Waals surface area contributed by atoms with Gasteiger partial charge in [-0.15, -0.1) is 0 Å². The van der Waals surface area contributed by atoms with E-state index in [-0.39, 0.29) is 32.3 Å². The number of hydrogen-bond donors (Lipinski definition) is 1. The van der Waals surface area contributed by atoms with Gasteiger partial charge in [-0.05, 0) is 57.8 Å². The van der Waals surface area contributed by atoms with E-state index in [1.807, 2.05) is 0 Å². The average Bonchev–Trinajstić information content (AvgIpc) is 3.22. The summed E-state index contributed by atoms with van der Waals surface area (Å²) in [5, 5.41) is 29.0. The molecule has 0 aliphatic carbocycles. The molecule has 7 heteroatoms. The van der Waals surface area contributed by atoms with Gasteiger partial charge in [0.05, 0.1) is 0 Å². The number of allylic oxidation sites excluding steroid dienone is 2. The average molecular weight is 915 g/mol. The van der Waals surface area contributed by atoms with Crippen molar-refractivity contribution in [2.75, 3.05) is 0 Å². The molecule has 61 heavy (non-hydrogen) atoms. The normalized spacial score (nSPS) is 10.8. The maximum Gasteiger partial charge on any atom is 2.00 e. The standard InChI is InChI=1S/2C18H36O2.C18H34O2.Zn/c3*1-2-3-4-5-6-7-8-9-10-11-12-13-14-15-16-17-18(19)20;/h2*2-17H2,1H3,(H,19,20);9-10H,2-8,11-17H2,1H3,(H,19,20);/q;;;+2/p-2/b;;10-9-;. The van der Waals surface area contributed by atoms with Crippen molar-refractivity contribution in [2.24, 2.45) is 0 Å². The van der Waals surface area contributed by atoms with Crippen LogP contribution in [0, 0.1) is 0 Å². The van der Waals surface area contributed by atoms with Gasteiger partial charge in [-0.3, -0.25) is 4.79 Å². The number of carboxylic acid groups (broad SMARTS) is 3. The molecule has 0 atom stereocenters. The molecule has 0 aromatic heterocycles. The molecule has 0 amide bonds. The fourth-order valence-corrected chi connectivity index (χ4v) is 7.63. The summed E-state index contributed by atoms with van der Waals surface area (Å²) in [5.41, 5.74) is 0. The molecule has 0 aliphatic heterocycles. The summed E-state index contributed by atoms with van der Waals surface area (Å²) in [6.45, 7) is 6.79. The van der Waals surface area contributed by atoms with Crippen LogP contribution < -0.4 is 10.2 Å². The quantitative estimate of drug-likeness (QED) is 0.0369. The van der Waals surface area contributed by atoms with Crippen molar-refractivity contribution < 1.29 is 49.2 Å². The second-order valence-corrected chi connectivity index (χ2v) is 17.9. The third kappa shape index (κ3) is 76.5. The Bertz CT molecular complexity index is 818. The minimum Gasteiger partial charge on any atom is -0.550 e. The van der Waals surface area contributed by atoms with Crippen LogP contribution in [-0.4, -0.2) is 23.0 Å². The van der Waals surface area contributed by atoms with Gasteiger partial charge in [-0.1, -0.05) is 264 Å². The summed E-state index contributed by atoms with van der Waals surface area (Å²) in [6.07, 6.45) is 61.0. The van der Waals surface area contributed by atoms with Crippen LogP contribution in [0.1, 0.15) is 316 Å². The SMILES string of the molecule is CCCCCCCC/C=C\CCCCCCCC(=O)O.CCCCCCCCCCCCCCCCCC(=O)[O-].CCCCCCCCCCCCCCCCCC(=O)[O-].[Zn+2]. The molecule has 0 aromatic carbocycles. The van der Waals surface area contributed by atoms with E-state index >= 15 is 0 Å². The van der Waals surface area contributed by atoms with Crippen LogP contribution in [0.3, 0.4) is 0 Å². The van der Waals surface area contributed by atoms with Gasteiger partial charge >= 0.3 is 25.4 Å². The Balaban J connectivity index is -0.000000396. The molecule has 0 aromatic rings. The number of hydrogen-bond acceptors (Lipinski definition) is 5. The topological polar surface area (TPSA) is 118 Å². The van der Waals surface area contributed by atoms with E-state index in [2.05, 4.69) is 32.9 Å². The molecule has 0 rings (SSSR count). The maximum absolute atomic E-state index is 10.3. The number of carbonyl (C=O) groups excluding carboxylic acids is 2. The van der Waals surface area contributed by atoms with E-state index in [1.165, 1.54) is 238 Å². The van der Waals surface area contributed by atoms with Gasteiger partial charge in [0, 0.05) is 18.4 Å². The monoisotopic (exact) mass is 913 g/mol. The van der Waals surface area contributed by atoms with Crippen LogP contribution in [0.25, 0.3) is 0 Å². The molecule has 0 saturated heterocycles. The van der Waals surface area contributed by atoms with Crippen molar-refractivity contribution in [3.05, 3.63) is 12.2 Å². The van der Waals surface area contributed by atoms with Crippen molar-refractivity contribution in [2.45, 2.75) is 316 Å². The van der Waals surface area contributed by atoms with E-state index in [0.717, 1.165) is 38.5 Å². The first-order valence-corrected chi connectivity index (χ1v) is 26.6. The van der Waals surface area contributed by atoms with Gasteiger partial charge in [0.15, 0.2) is 0 Å². The Labute approximate surface area is 393 Å². The molecule has 0 unspecified atom stereocenters. The van der Waals surface area contributed by atoms with Crippen molar-refractivity contribution in [3.8, 4) is 0 Å². The van der Waals surface area contributed by atoms with Crippen LogP contribution in [0.5, 0.6) is 0 Å². The van der Waals surface area contributed by atoms with E-state index in [4.69, 9.17) is 5.11 Å². The van der Waals surface area contributed by atoms with Crippen LogP contribution in [-0.2, 0) is 33.9 Å². The fraction of sp³-hybridized carbons (Fsp3) is 0.907. The minimum atomic E-state index is -0.903. The van der Waals surface area contributed by atoms with Gasteiger partial charge in [0.25, 0.3) is 0 Å². The molecular weight excluding hydrogens is 810 g/mol. The minimum absolute atomic E-state index is 0. The van der Waals surface area contributed by atoms with Gasteiger partial charge in [0.2, 0.25) is 0 Å². The Morgan fingerprint density at radius 2 is 0.492 bits per heavy atom. The van der Waals surface area contributed by atoms with Crippen molar-refractivity contribution >= 4 is 17.9 Å². The molecule has 0 fully saturated rings. The maximum atomic E-state index is 10.3. The number of carbonyl (C=O) groups is 3. The smallest absolute Gasteiger partial charge is 0.550 e. The van der Waals surface area contributed by atoms with Gasteiger partial charge in [-0.25, -0.2) is 0 Å². The molecule has 0 spiro atoms. The summed E-state index contributed by atoms with van der Waals surface area (Å²) >= 11 is 0. The molecule has 0 aliphatic rings. The predicted octanol–water partition coefficient (Wildman–Crippen LogP) is 16.1. The van der Waals surface area contributed by atoms with Crippen molar-refractivity contribution in [1.29, 1.82) is 0 Å². The Kier molecular flexibility index (Phi) is 68.6. The second-order valence-electron chi connectivity index (χ2n) is 17.9. The van der Waals surface area contributed by atoms with Crippen LogP contribution in [0.15, 0.2) is 12.2 Å². The summed E-state index contributed by atoms with van der Waals surface area (Å²) in [7, 11) is 0. The number of unbranched alkanes of at least 4 members (excludes halogenated alkanes) is 39. The second kappa shape index (κ2) is 63.1. The molecule has 0 bridgehead atoms. The molecule has 0 heterocycles. The third-order valence-electron chi connectivity index (χ3n) is 11.6. The van der Waals surface area contributed by atoms with E-state index in [9.17, 15) is 24.6 Å². The predicted molar refractivity (Wildman–Crippen MR) is 256 cm³/mol. The number of carboxylic acids is 3. The molecular formula is C54H104O6Zn. The van der Waals surface area contributed by atoms with Crippen molar-refractivity contribution in [1.82, 2.24) is 0 Å². The van der Waals surface area contributed by atoms with Gasteiger partial charge in [0.1, 0.15) is 0 Å². The molecule has 0 saturated carbocycles. The first-order valence-electron chi connectivity index (χ1n) is 26.6. The first-order chi connectivity index (χ1) is 29.3. The van der Waals surface area contributed by atoms with Crippen LogP contribution in [0.4, 0.5) is 0 Å². The Morgan fingerprint density at radius 3 is 0.689 bits per heavy atom. The zero-order chi connectivity index (χ0) is 44.7. The third-order valence-corrected chi connectivity index (χ3v) is 11.6. The summed E-state index contributed by atoms with van der Waals surface area (Å²) in [6, 6.07) is 0. The van der Waals surface area contributed by atoms with E-state index in [0.29, 0.717) is 6.42 Å². The van der Waals surface area contributed by atoms with E-state index < -0.39 is 17.9 Å². The van der Waals surface area contributed by atoms with Crippen LogP contribution >= 0.6 is 0 Å². The van der Waals surface area contributed by atoms with Gasteiger partial charge in [-0.2, -0.15) is 0 Å². The zero-order valence-corrected chi connectivity index (χ0v) is 44.3. The van der Waals surface area contributed by atoms with Crippen molar-refractivity contribution in [3.63, 3.8) is 0 Å². The Hall–Kier alpha value is -1.23. The Morgan fingerprint density at radius 1 is 0.311 bits per heavy atom. The van der Waals surface area contributed by atoms with Crippen LogP contribution in [0.2, 0.25) is 0 Å². The molecule has 0 radical (unpaired) electrons. The zero-order valence-electron chi connectivity index (χ0n) is 41.4. The molecule has 6 nitrogen and oxygen atoms in total. The fourth-order valence-electron chi connectivity index (χ4n) is 7.63. The summed E-state index contributed by atoms with van der Waals surface area (Å²) in [5.74, 6) is -2.47.